The molecule has 0 radical (unpaired) electrons. The highest BCUT2D eigenvalue weighted by molar-refractivity contribution is 6.04. The summed E-state index contributed by atoms with van der Waals surface area (Å²) in [6.07, 6.45) is -4.64. The number of nitrogens with one attached hydrogen (secondary N) is 2. The lowest BCUT2D eigenvalue weighted by Gasteiger charge is -2.19. The molecule has 2 fully saturated rings. The maximum Gasteiger partial charge on any atom is 0.418 e. The molecule has 2 aliphatic heterocycles. The summed E-state index contributed by atoms with van der Waals surface area (Å²) in [6, 6.07) is 7.31. The Balaban J connectivity index is 1.49. The smallest absolute Gasteiger partial charge is 0.368 e. The molecule has 0 saturated carbocycles. The fourth-order valence-electron chi connectivity index (χ4n) is 4.15. The molecule has 0 bridgehead atoms. The van der Waals surface area contributed by atoms with E-state index in [9.17, 15) is 31.9 Å². The van der Waals surface area contributed by atoms with Crippen molar-refractivity contribution in [2.75, 3.05) is 28.7 Å². The van der Waals surface area contributed by atoms with Crippen molar-refractivity contribution in [3.63, 3.8) is 0 Å². The molecule has 186 valence electrons. The van der Waals surface area contributed by atoms with E-state index in [2.05, 4.69) is 10.6 Å². The molecule has 2 aromatic carbocycles. The quantitative estimate of drug-likeness (QED) is 0.610. The molecule has 3 amide bonds. The van der Waals surface area contributed by atoms with Crippen LogP contribution >= 0.6 is 0 Å². The van der Waals surface area contributed by atoms with Crippen LogP contribution in [0, 0.1) is 18.7 Å². The van der Waals surface area contributed by atoms with Crippen molar-refractivity contribution in [1.29, 1.82) is 0 Å². The summed E-state index contributed by atoms with van der Waals surface area (Å²) < 4.78 is 60.7. The van der Waals surface area contributed by atoms with E-state index >= 15 is 0 Å². The number of hydrogen-bond acceptors (Lipinski definition) is 4. The Morgan fingerprint density at radius 3 is 2.51 bits per heavy atom. The number of halogens is 4. The van der Waals surface area contributed by atoms with E-state index < -0.39 is 53.0 Å². The Morgan fingerprint density at radius 1 is 1.09 bits per heavy atom. The first-order valence-corrected chi connectivity index (χ1v) is 11.0. The molecule has 2 unspecified atom stereocenters. The van der Waals surface area contributed by atoms with E-state index in [0.29, 0.717) is 25.0 Å². The largest absolute Gasteiger partial charge is 0.418 e. The summed E-state index contributed by atoms with van der Waals surface area (Å²) in [5, 5.41) is 4.65. The minimum atomic E-state index is -4.82. The second-order valence-corrected chi connectivity index (χ2v) is 8.60. The summed E-state index contributed by atoms with van der Waals surface area (Å²) in [4.78, 5) is 38.5. The van der Waals surface area contributed by atoms with Crippen LogP contribution in [-0.2, 0) is 25.3 Å². The van der Waals surface area contributed by atoms with Crippen LogP contribution in [0.5, 0.6) is 0 Å². The van der Waals surface area contributed by atoms with Crippen molar-refractivity contribution >= 4 is 34.8 Å². The third-order valence-corrected chi connectivity index (χ3v) is 5.96. The SMILES string of the molecule is Cc1ccc(N2CC(C(=O)Nc3ccc(NC(=O)C4CCCO4)cc3C(F)(F)F)CC2=O)c(F)c1. The van der Waals surface area contributed by atoms with Crippen LogP contribution in [0.1, 0.15) is 30.4 Å². The molecule has 7 nitrogen and oxygen atoms in total. The van der Waals surface area contributed by atoms with Gasteiger partial charge in [0.2, 0.25) is 11.8 Å². The van der Waals surface area contributed by atoms with Gasteiger partial charge in [0.25, 0.3) is 5.91 Å². The first-order valence-electron chi connectivity index (χ1n) is 11.0. The van der Waals surface area contributed by atoms with Gasteiger partial charge in [-0.2, -0.15) is 13.2 Å². The van der Waals surface area contributed by atoms with E-state index in [1.807, 2.05) is 0 Å². The number of ether oxygens (including phenoxy) is 1. The zero-order valence-corrected chi connectivity index (χ0v) is 18.7. The van der Waals surface area contributed by atoms with Gasteiger partial charge in [-0.25, -0.2) is 4.39 Å². The van der Waals surface area contributed by atoms with Crippen LogP contribution < -0.4 is 15.5 Å². The third-order valence-electron chi connectivity index (χ3n) is 5.96. The standard InChI is InChI=1S/C24H23F4N3O4/c1-13-4-7-19(17(25)9-13)31-12-14(10-21(31)32)22(33)30-18-6-5-15(11-16(18)24(26,27)28)29-23(34)20-3-2-8-35-20/h4-7,9,11,14,20H,2-3,8,10,12H2,1H3,(H,29,34)(H,30,33). The molecule has 2 aromatic rings. The topological polar surface area (TPSA) is 87.7 Å². The molecule has 0 spiro atoms. The van der Waals surface area contributed by atoms with Gasteiger partial charge in [0.05, 0.1) is 22.9 Å². The number of alkyl halides is 3. The van der Waals surface area contributed by atoms with E-state index in [1.54, 1.807) is 13.0 Å². The van der Waals surface area contributed by atoms with Crippen molar-refractivity contribution in [2.45, 2.75) is 38.5 Å². The second-order valence-electron chi connectivity index (χ2n) is 8.60. The molecule has 2 heterocycles. The molecule has 0 aliphatic carbocycles. The summed E-state index contributed by atoms with van der Waals surface area (Å²) in [5.74, 6) is -3.44. The first kappa shape index (κ1) is 24.6. The minimum absolute atomic E-state index is 0.0122. The van der Waals surface area contributed by atoms with Crippen molar-refractivity contribution in [3.8, 4) is 0 Å². The molecule has 2 aliphatic rings. The van der Waals surface area contributed by atoms with Crippen molar-refractivity contribution in [3.05, 3.63) is 53.3 Å². The number of hydrogen-bond donors (Lipinski definition) is 2. The molecule has 11 heteroatoms. The Bertz CT molecular complexity index is 1160. The molecule has 0 aromatic heterocycles. The number of carbonyl (C=O) groups is 3. The van der Waals surface area contributed by atoms with Crippen LogP contribution in [0.3, 0.4) is 0 Å². The number of anilines is 3. The highest BCUT2D eigenvalue weighted by atomic mass is 19.4. The average Bonchev–Trinajstić information content (AvgIpc) is 3.44. The Morgan fingerprint density at radius 2 is 1.86 bits per heavy atom. The average molecular weight is 493 g/mol. The number of amides is 3. The number of carbonyl (C=O) groups excluding carboxylic acids is 3. The number of benzene rings is 2. The fraction of sp³-hybridized carbons (Fsp3) is 0.375. The Kier molecular flexibility index (Phi) is 6.79. The van der Waals surface area contributed by atoms with E-state index in [-0.39, 0.29) is 24.3 Å². The lowest BCUT2D eigenvalue weighted by atomic mass is 10.1. The Hall–Kier alpha value is -3.47. The maximum absolute atomic E-state index is 14.3. The monoisotopic (exact) mass is 493 g/mol. The summed E-state index contributed by atoms with van der Waals surface area (Å²) in [6.45, 7) is 1.93. The van der Waals surface area contributed by atoms with E-state index in [4.69, 9.17) is 4.74 Å². The molecular weight excluding hydrogens is 470 g/mol. The van der Waals surface area contributed by atoms with Gasteiger partial charge in [0.15, 0.2) is 0 Å². The summed E-state index contributed by atoms with van der Waals surface area (Å²) in [7, 11) is 0. The molecule has 2 N–H and O–H groups in total. The summed E-state index contributed by atoms with van der Waals surface area (Å²) in [5.41, 5.74) is -1.08. The lowest BCUT2D eigenvalue weighted by molar-refractivity contribution is -0.137. The van der Waals surface area contributed by atoms with Crippen molar-refractivity contribution in [2.24, 2.45) is 5.92 Å². The molecule has 2 saturated heterocycles. The number of rotatable bonds is 5. The normalized spacial score (nSPS) is 20.3. The van der Waals surface area contributed by atoms with Crippen LogP contribution in [0.4, 0.5) is 34.6 Å². The molecule has 35 heavy (non-hydrogen) atoms. The molecule has 2 atom stereocenters. The predicted octanol–water partition coefficient (Wildman–Crippen LogP) is 4.26. The minimum Gasteiger partial charge on any atom is -0.368 e. The van der Waals surface area contributed by atoms with Gasteiger partial charge in [-0.15, -0.1) is 0 Å². The second kappa shape index (κ2) is 9.65. The van der Waals surface area contributed by atoms with Gasteiger partial charge in [0, 0.05) is 25.3 Å². The Labute approximate surface area is 198 Å². The van der Waals surface area contributed by atoms with Gasteiger partial charge in [-0.05, 0) is 55.7 Å². The number of aryl methyl sites for hydroxylation is 1. The van der Waals surface area contributed by atoms with Crippen molar-refractivity contribution in [1.82, 2.24) is 0 Å². The van der Waals surface area contributed by atoms with E-state index in [1.165, 1.54) is 18.2 Å². The zero-order valence-electron chi connectivity index (χ0n) is 18.7. The fourth-order valence-corrected chi connectivity index (χ4v) is 4.15. The predicted molar refractivity (Wildman–Crippen MR) is 119 cm³/mol. The van der Waals surface area contributed by atoms with Crippen LogP contribution in [-0.4, -0.2) is 37.0 Å². The van der Waals surface area contributed by atoms with Gasteiger partial charge < -0.3 is 20.3 Å². The van der Waals surface area contributed by atoms with Gasteiger partial charge in [-0.3, -0.25) is 14.4 Å². The van der Waals surface area contributed by atoms with Crippen LogP contribution in [0.25, 0.3) is 0 Å². The highest BCUT2D eigenvalue weighted by Crippen LogP contribution is 2.37. The number of nitrogens with zero attached hydrogens (tertiary/aromatic N) is 1. The van der Waals surface area contributed by atoms with Gasteiger partial charge in [-0.1, -0.05) is 6.07 Å². The molecule has 4 rings (SSSR count). The van der Waals surface area contributed by atoms with Crippen molar-refractivity contribution < 1.29 is 36.7 Å². The first-order chi connectivity index (χ1) is 16.5. The molecular formula is C24H23F4N3O4. The highest BCUT2D eigenvalue weighted by Gasteiger charge is 2.39. The zero-order chi connectivity index (χ0) is 25.3. The van der Waals surface area contributed by atoms with Gasteiger partial charge >= 0.3 is 6.18 Å². The lowest BCUT2D eigenvalue weighted by Crippen LogP contribution is -2.29. The van der Waals surface area contributed by atoms with Crippen LogP contribution in [0.15, 0.2) is 36.4 Å². The van der Waals surface area contributed by atoms with E-state index in [0.717, 1.165) is 17.0 Å². The van der Waals surface area contributed by atoms with Crippen LogP contribution in [0.2, 0.25) is 0 Å². The summed E-state index contributed by atoms with van der Waals surface area (Å²) >= 11 is 0. The van der Waals surface area contributed by atoms with Gasteiger partial charge in [0.1, 0.15) is 11.9 Å². The maximum atomic E-state index is 14.3. The third kappa shape index (κ3) is 5.45.